The number of hydrogen-bond donors (Lipinski definition) is 2. The molecule has 0 atom stereocenters. The molecule has 0 aliphatic carbocycles. The largest absolute Gasteiger partial charge is 0.396 e. The number of aliphatic hydroxyl groups is 1. The summed E-state index contributed by atoms with van der Waals surface area (Å²) in [6, 6.07) is 5.72. The second-order valence-corrected chi connectivity index (χ2v) is 3.80. The van der Waals surface area contributed by atoms with Gasteiger partial charge in [0.1, 0.15) is 5.65 Å². The van der Waals surface area contributed by atoms with Crippen molar-refractivity contribution in [3.63, 3.8) is 0 Å². The highest BCUT2D eigenvalue weighted by Crippen LogP contribution is 2.04. The van der Waals surface area contributed by atoms with Gasteiger partial charge in [-0.05, 0) is 18.6 Å². The molecule has 1 amide bonds. The lowest BCUT2D eigenvalue weighted by atomic mass is 10.3. The summed E-state index contributed by atoms with van der Waals surface area (Å²) < 4.78 is 1.89. The standard InChI is InChI=1S/C12H15N3O2/c16-7-3-5-13-12(17)8-10-9-15-6-2-1-4-11(15)14-10/h1-2,4,6,9,16H,3,5,7-8H2,(H,13,17). The monoisotopic (exact) mass is 233 g/mol. The van der Waals surface area contributed by atoms with Crippen molar-refractivity contribution in [2.24, 2.45) is 0 Å². The Kier molecular flexibility index (Phi) is 3.72. The number of aromatic nitrogens is 2. The smallest absolute Gasteiger partial charge is 0.226 e. The quantitative estimate of drug-likeness (QED) is 0.733. The zero-order chi connectivity index (χ0) is 12.1. The second kappa shape index (κ2) is 5.45. The first-order valence-corrected chi connectivity index (χ1v) is 5.60. The van der Waals surface area contributed by atoms with E-state index in [0.717, 1.165) is 11.3 Å². The average Bonchev–Trinajstić information content (AvgIpc) is 2.71. The Hall–Kier alpha value is -1.88. The van der Waals surface area contributed by atoms with E-state index in [-0.39, 0.29) is 18.9 Å². The first kappa shape index (κ1) is 11.6. The highest BCUT2D eigenvalue weighted by atomic mass is 16.3. The predicted octanol–water partition coefficient (Wildman–Crippen LogP) is 0.375. The lowest BCUT2D eigenvalue weighted by molar-refractivity contribution is -0.120. The minimum Gasteiger partial charge on any atom is -0.396 e. The van der Waals surface area contributed by atoms with Crippen LogP contribution in [0, 0.1) is 0 Å². The number of fused-ring (bicyclic) bond motifs is 1. The molecule has 0 fully saturated rings. The Morgan fingerprint density at radius 1 is 1.47 bits per heavy atom. The van der Waals surface area contributed by atoms with E-state index in [1.807, 2.05) is 35.0 Å². The Balaban J connectivity index is 1.96. The van der Waals surface area contributed by atoms with Crippen LogP contribution in [0.5, 0.6) is 0 Å². The third kappa shape index (κ3) is 3.04. The molecule has 2 rings (SSSR count). The SMILES string of the molecule is O=C(Cc1cn2ccccc2n1)NCCCO. The number of amides is 1. The van der Waals surface area contributed by atoms with Crippen LogP contribution >= 0.6 is 0 Å². The van der Waals surface area contributed by atoms with Crippen LogP contribution in [0.4, 0.5) is 0 Å². The summed E-state index contributed by atoms with van der Waals surface area (Å²) in [5.74, 6) is -0.0677. The van der Waals surface area contributed by atoms with Gasteiger partial charge >= 0.3 is 0 Å². The van der Waals surface area contributed by atoms with Crippen LogP contribution in [-0.2, 0) is 11.2 Å². The van der Waals surface area contributed by atoms with Crippen molar-refractivity contribution in [2.45, 2.75) is 12.8 Å². The van der Waals surface area contributed by atoms with Gasteiger partial charge in [-0.15, -0.1) is 0 Å². The lowest BCUT2D eigenvalue weighted by Gasteiger charge is -2.01. The summed E-state index contributed by atoms with van der Waals surface area (Å²) in [6.45, 7) is 0.595. The van der Waals surface area contributed by atoms with Gasteiger partial charge in [-0.25, -0.2) is 4.98 Å². The van der Waals surface area contributed by atoms with E-state index in [2.05, 4.69) is 10.3 Å². The molecule has 0 radical (unpaired) electrons. The van der Waals surface area contributed by atoms with Gasteiger partial charge in [0, 0.05) is 25.5 Å². The molecule has 0 spiro atoms. The zero-order valence-electron chi connectivity index (χ0n) is 9.47. The van der Waals surface area contributed by atoms with Crippen LogP contribution < -0.4 is 5.32 Å². The van der Waals surface area contributed by atoms with Crippen molar-refractivity contribution in [3.8, 4) is 0 Å². The molecule has 0 aliphatic rings. The fourth-order valence-electron chi connectivity index (χ4n) is 1.61. The maximum atomic E-state index is 11.5. The molecule has 2 aromatic rings. The first-order valence-electron chi connectivity index (χ1n) is 5.60. The second-order valence-electron chi connectivity index (χ2n) is 3.80. The van der Waals surface area contributed by atoms with Gasteiger partial charge < -0.3 is 14.8 Å². The molecule has 0 aliphatic heterocycles. The third-order valence-corrected chi connectivity index (χ3v) is 2.41. The minimum absolute atomic E-state index is 0.0677. The van der Waals surface area contributed by atoms with E-state index in [1.165, 1.54) is 0 Å². The highest BCUT2D eigenvalue weighted by molar-refractivity contribution is 5.78. The van der Waals surface area contributed by atoms with E-state index < -0.39 is 0 Å². The number of hydrogen-bond acceptors (Lipinski definition) is 3. The van der Waals surface area contributed by atoms with Gasteiger partial charge in [0.15, 0.2) is 0 Å². The Morgan fingerprint density at radius 3 is 3.12 bits per heavy atom. The molecule has 2 aromatic heterocycles. The summed E-state index contributed by atoms with van der Waals surface area (Å²) in [5.41, 5.74) is 1.59. The number of aliphatic hydroxyl groups excluding tert-OH is 1. The minimum atomic E-state index is -0.0677. The summed E-state index contributed by atoms with van der Waals surface area (Å²) in [4.78, 5) is 15.9. The number of imidazole rings is 1. The fourth-order valence-corrected chi connectivity index (χ4v) is 1.61. The van der Waals surface area contributed by atoms with Crippen LogP contribution in [0.2, 0.25) is 0 Å². The molecule has 0 aromatic carbocycles. The number of carbonyl (C=O) groups excluding carboxylic acids is 1. The lowest BCUT2D eigenvalue weighted by Crippen LogP contribution is -2.26. The highest BCUT2D eigenvalue weighted by Gasteiger charge is 2.06. The van der Waals surface area contributed by atoms with Crippen molar-refractivity contribution in [1.82, 2.24) is 14.7 Å². The predicted molar refractivity (Wildman–Crippen MR) is 63.6 cm³/mol. The van der Waals surface area contributed by atoms with Gasteiger partial charge in [-0.1, -0.05) is 6.07 Å². The van der Waals surface area contributed by atoms with Crippen LogP contribution in [0.3, 0.4) is 0 Å². The molecule has 5 heteroatoms. The molecular formula is C12H15N3O2. The average molecular weight is 233 g/mol. The van der Waals surface area contributed by atoms with Crippen molar-refractivity contribution >= 4 is 11.6 Å². The molecule has 0 saturated carbocycles. The van der Waals surface area contributed by atoms with Gasteiger partial charge in [-0.2, -0.15) is 0 Å². The van der Waals surface area contributed by atoms with Crippen molar-refractivity contribution in [3.05, 3.63) is 36.3 Å². The molecule has 17 heavy (non-hydrogen) atoms. The number of nitrogens with zero attached hydrogens (tertiary/aromatic N) is 2. The summed E-state index contributed by atoms with van der Waals surface area (Å²) >= 11 is 0. The maximum absolute atomic E-state index is 11.5. The van der Waals surface area contributed by atoms with Crippen LogP contribution in [0.15, 0.2) is 30.6 Å². The van der Waals surface area contributed by atoms with Crippen molar-refractivity contribution in [1.29, 1.82) is 0 Å². The Bertz CT molecular complexity index is 474. The number of rotatable bonds is 5. The van der Waals surface area contributed by atoms with Gasteiger partial charge in [0.2, 0.25) is 5.91 Å². The summed E-state index contributed by atoms with van der Waals surface area (Å²) in [6.07, 6.45) is 4.60. The molecule has 0 unspecified atom stereocenters. The number of carbonyl (C=O) groups is 1. The van der Waals surface area contributed by atoms with E-state index in [9.17, 15) is 4.79 Å². The molecule has 0 bridgehead atoms. The summed E-state index contributed by atoms with van der Waals surface area (Å²) in [7, 11) is 0. The normalized spacial score (nSPS) is 10.6. The van der Waals surface area contributed by atoms with Crippen molar-refractivity contribution < 1.29 is 9.90 Å². The van der Waals surface area contributed by atoms with E-state index in [0.29, 0.717) is 13.0 Å². The molecule has 2 heterocycles. The summed E-state index contributed by atoms with van der Waals surface area (Å²) in [5, 5.41) is 11.3. The van der Waals surface area contributed by atoms with Crippen LogP contribution in [0.25, 0.3) is 5.65 Å². The molecule has 5 nitrogen and oxygen atoms in total. The van der Waals surface area contributed by atoms with Crippen LogP contribution in [0.1, 0.15) is 12.1 Å². The van der Waals surface area contributed by atoms with Gasteiger partial charge in [0.25, 0.3) is 0 Å². The van der Waals surface area contributed by atoms with Gasteiger partial charge in [0.05, 0.1) is 12.1 Å². The van der Waals surface area contributed by atoms with Crippen LogP contribution in [-0.4, -0.2) is 33.6 Å². The van der Waals surface area contributed by atoms with Crippen molar-refractivity contribution in [2.75, 3.05) is 13.2 Å². The Labute approximate surface area is 99.1 Å². The zero-order valence-corrected chi connectivity index (χ0v) is 9.47. The van der Waals surface area contributed by atoms with Gasteiger partial charge in [-0.3, -0.25) is 4.79 Å². The van der Waals surface area contributed by atoms with E-state index in [1.54, 1.807) is 0 Å². The molecular weight excluding hydrogens is 218 g/mol. The fraction of sp³-hybridized carbons (Fsp3) is 0.333. The first-order chi connectivity index (χ1) is 8.29. The molecule has 2 N–H and O–H groups in total. The Morgan fingerprint density at radius 2 is 2.35 bits per heavy atom. The number of pyridine rings is 1. The maximum Gasteiger partial charge on any atom is 0.226 e. The number of nitrogens with one attached hydrogen (secondary N) is 1. The topological polar surface area (TPSA) is 66.6 Å². The van der Waals surface area contributed by atoms with E-state index >= 15 is 0 Å². The molecule has 90 valence electrons. The molecule has 0 saturated heterocycles. The third-order valence-electron chi connectivity index (χ3n) is 2.41. The van der Waals surface area contributed by atoms with E-state index in [4.69, 9.17) is 5.11 Å².